The van der Waals surface area contributed by atoms with Gasteiger partial charge < -0.3 is 20.7 Å². The normalized spacial score (nSPS) is 16.4. The van der Waals surface area contributed by atoms with E-state index in [1.54, 1.807) is 19.2 Å². The molecule has 2 aromatic rings. The maximum atomic E-state index is 13.2. The van der Waals surface area contributed by atoms with Gasteiger partial charge in [-0.15, -0.1) is 0 Å². The van der Waals surface area contributed by atoms with Crippen molar-refractivity contribution in [1.82, 2.24) is 10.6 Å². The smallest absolute Gasteiger partial charge is 0.255 e. The molecule has 0 radical (unpaired) electrons. The Labute approximate surface area is 168 Å². The largest absolute Gasteiger partial charge is 0.496 e. The van der Waals surface area contributed by atoms with Gasteiger partial charge in [0, 0.05) is 22.0 Å². The minimum absolute atomic E-state index is 0.240. The van der Waals surface area contributed by atoms with Crippen LogP contribution in [0.25, 0.3) is 0 Å². The molecule has 1 atom stereocenters. The van der Waals surface area contributed by atoms with Gasteiger partial charge in [-0.3, -0.25) is 4.79 Å². The van der Waals surface area contributed by atoms with E-state index in [9.17, 15) is 4.79 Å². The molecule has 1 heterocycles. The number of hydrogen-bond acceptors (Lipinski definition) is 3. The summed E-state index contributed by atoms with van der Waals surface area (Å²) in [7, 11) is 1.60. The van der Waals surface area contributed by atoms with E-state index in [4.69, 9.17) is 28.6 Å². The summed E-state index contributed by atoms with van der Waals surface area (Å²) in [6.07, 6.45) is 0. The van der Waals surface area contributed by atoms with Crippen molar-refractivity contribution >= 4 is 40.5 Å². The number of ether oxygens (including phenoxy) is 1. The topological polar surface area (TPSA) is 62.4 Å². The Morgan fingerprint density at radius 2 is 1.96 bits per heavy atom. The predicted octanol–water partition coefficient (Wildman–Crippen LogP) is 4.09. The predicted molar refractivity (Wildman–Crippen MR) is 112 cm³/mol. The number of halogens is 1. The average Bonchev–Trinajstić information content (AvgIpc) is 2.63. The maximum Gasteiger partial charge on any atom is 0.255 e. The average molecular weight is 402 g/mol. The number of amides is 1. The van der Waals surface area contributed by atoms with E-state index in [1.807, 2.05) is 44.2 Å². The molecule has 140 valence electrons. The molecule has 7 heteroatoms. The van der Waals surface area contributed by atoms with Crippen molar-refractivity contribution in [3.05, 3.63) is 69.9 Å². The Morgan fingerprint density at radius 3 is 2.70 bits per heavy atom. The number of aryl methyl sites for hydroxylation is 1. The van der Waals surface area contributed by atoms with Crippen LogP contribution in [-0.4, -0.2) is 18.1 Å². The zero-order valence-electron chi connectivity index (χ0n) is 15.2. The number of methoxy groups -OCH3 is 1. The number of rotatable bonds is 4. The van der Waals surface area contributed by atoms with Crippen LogP contribution < -0.4 is 20.7 Å². The van der Waals surface area contributed by atoms with Crippen LogP contribution in [0.15, 0.2) is 53.7 Å². The van der Waals surface area contributed by atoms with E-state index < -0.39 is 6.04 Å². The Morgan fingerprint density at radius 1 is 1.22 bits per heavy atom. The molecular weight excluding hydrogens is 382 g/mol. The fraction of sp³-hybridized carbons (Fsp3) is 0.200. The van der Waals surface area contributed by atoms with Gasteiger partial charge in [-0.2, -0.15) is 0 Å². The third-order valence-electron chi connectivity index (χ3n) is 4.41. The highest BCUT2D eigenvalue weighted by Crippen LogP contribution is 2.33. The number of thiocarbonyl (C=S) groups is 1. The molecule has 1 unspecified atom stereocenters. The number of para-hydroxylation sites is 1. The van der Waals surface area contributed by atoms with Gasteiger partial charge in [0.05, 0.1) is 18.7 Å². The zero-order chi connectivity index (χ0) is 19.6. The van der Waals surface area contributed by atoms with E-state index in [0.717, 1.165) is 11.1 Å². The fourth-order valence-electron chi connectivity index (χ4n) is 3.05. The molecule has 0 spiro atoms. The lowest BCUT2D eigenvalue weighted by atomic mass is 9.94. The molecule has 5 nitrogen and oxygen atoms in total. The highest BCUT2D eigenvalue weighted by Gasteiger charge is 2.31. The van der Waals surface area contributed by atoms with Crippen LogP contribution >= 0.6 is 23.8 Å². The lowest BCUT2D eigenvalue weighted by Crippen LogP contribution is -2.45. The van der Waals surface area contributed by atoms with Gasteiger partial charge in [-0.1, -0.05) is 35.9 Å². The zero-order valence-corrected chi connectivity index (χ0v) is 16.8. The fourth-order valence-corrected chi connectivity index (χ4v) is 3.49. The SMILES string of the molecule is COc1ccccc1C1NC(=S)NC(C)=C1C(=O)Nc1cc(Cl)ccc1C. The molecule has 3 N–H and O–H groups in total. The van der Waals surface area contributed by atoms with E-state index in [2.05, 4.69) is 16.0 Å². The number of allylic oxidation sites excluding steroid dienone is 1. The van der Waals surface area contributed by atoms with Gasteiger partial charge in [0.2, 0.25) is 0 Å². The van der Waals surface area contributed by atoms with Crippen LogP contribution in [0.5, 0.6) is 5.75 Å². The lowest BCUT2D eigenvalue weighted by molar-refractivity contribution is -0.113. The van der Waals surface area contributed by atoms with Crippen LogP contribution in [0.3, 0.4) is 0 Å². The van der Waals surface area contributed by atoms with Gasteiger partial charge in [-0.25, -0.2) is 0 Å². The highest BCUT2D eigenvalue weighted by atomic mass is 35.5. The van der Waals surface area contributed by atoms with Crippen LogP contribution in [0.4, 0.5) is 5.69 Å². The monoisotopic (exact) mass is 401 g/mol. The first-order chi connectivity index (χ1) is 12.9. The van der Waals surface area contributed by atoms with E-state index in [1.165, 1.54) is 0 Å². The summed E-state index contributed by atoms with van der Waals surface area (Å²) in [5.41, 5.74) is 3.64. The molecule has 1 aliphatic heterocycles. The van der Waals surface area contributed by atoms with Crippen molar-refractivity contribution in [1.29, 1.82) is 0 Å². The summed E-state index contributed by atoms with van der Waals surface area (Å²) in [4.78, 5) is 13.2. The number of anilines is 1. The first kappa shape index (κ1) is 19.2. The Balaban J connectivity index is 2.01. The molecule has 0 fully saturated rings. The highest BCUT2D eigenvalue weighted by molar-refractivity contribution is 7.80. The molecule has 0 aromatic heterocycles. The standard InChI is InChI=1S/C20H20ClN3O2S/c1-11-8-9-13(21)10-15(11)23-19(25)17-12(2)22-20(27)24-18(17)14-6-4-5-7-16(14)26-3/h4-10,18H,1-3H3,(H,23,25)(H2,22,24,27). The molecule has 1 aliphatic rings. The maximum absolute atomic E-state index is 13.2. The van der Waals surface area contributed by atoms with Crippen LogP contribution in [0, 0.1) is 6.92 Å². The first-order valence-electron chi connectivity index (χ1n) is 8.39. The van der Waals surface area contributed by atoms with Gasteiger partial charge in [0.1, 0.15) is 5.75 Å². The summed E-state index contributed by atoms with van der Waals surface area (Å²) in [5, 5.41) is 10.2. The van der Waals surface area contributed by atoms with Crippen molar-refractivity contribution in [2.45, 2.75) is 19.9 Å². The number of benzene rings is 2. The Bertz CT molecular complexity index is 943. The Kier molecular flexibility index (Phi) is 5.68. The molecule has 2 aromatic carbocycles. The second kappa shape index (κ2) is 7.98. The number of hydrogen-bond donors (Lipinski definition) is 3. The number of carbonyl (C=O) groups is 1. The quantitative estimate of drug-likeness (QED) is 0.673. The molecule has 0 aliphatic carbocycles. The summed E-state index contributed by atoms with van der Waals surface area (Å²) >= 11 is 11.4. The van der Waals surface area contributed by atoms with Crippen LogP contribution in [0.1, 0.15) is 24.1 Å². The van der Waals surface area contributed by atoms with Gasteiger partial charge >= 0.3 is 0 Å². The van der Waals surface area contributed by atoms with E-state index in [0.29, 0.717) is 32.8 Å². The molecule has 3 rings (SSSR count). The summed E-state index contributed by atoms with van der Waals surface area (Å²) in [6, 6.07) is 12.5. The molecule has 0 bridgehead atoms. The lowest BCUT2D eigenvalue weighted by Gasteiger charge is -2.31. The van der Waals surface area contributed by atoms with Gasteiger partial charge in [-0.05, 0) is 49.8 Å². The van der Waals surface area contributed by atoms with E-state index in [-0.39, 0.29) is 5.91 Å². The molecule has 27 heavy (non-hydrogen) atoms. The van der Waals surface area contributed by atoms with Crippen molar-refractivity contribution in [2.24, 2.45) is 0 Å². The van der Waals surface area contributed by atoms with Crippen molar-refractivity contribution < 1.29 is 9.53 Å². The Hall–Kier alpha value is -2.57. The van der Waals surface area contributed by atoms with Gasteiger partial charge in [0.15, 0.2) is 5.11 Å². The second-order valence-electron chi connectivity index (χ2n) is 6.23. The minimum atomic E-state index is -0.436. The van der Waals surface area contributed by atoms with Crippen molar-refractivity contribution in [3.63, 3.8) is 0 Å². The van der Waals surface area contributed by atoms with Gasteiger partial charge in [0.25, 0.3) is 5.91 Å². The third kappa shape index (κ3) is 4.07. The second-order valence-corrected chi connectivity index (χ2v) is 7.07. The van der Waals surface area contributed by atoms with Crippen LogP contribution in [0.2, 0.25) is 5.02 Å². The first-order valence-corrected chi connectivity index (χ1v) is 9.18. The molecular formula is C20H20ClN3O2S. The van der Waals surface area contributed by atoms with E-state index >= 15 is 0 Å². The summed E-state index contributed by atoms with van der Waals surface area (Å²) in [5.74, 6) is 0.438. The van der Waals surface area contributed by atoms with Crippen LogP contribution in [-0.2, 0) is 4.79 Å². The third-order valence-corrected chi connectivity index (χ3v) is 4.87. The van der Waals surface area contributed by atoms with Crippen molar-refractivity contribution in [2.75, 3.05) is 12.4 Å². The molecule has 0 saturated heterocycles. The molecule has 1 amide bonds. The number of carbonyl (C=O) groups excluding carboxylic acids is 1. The number of nitrogens with one attached hydrogen (secondary N) is 3. The summed E-state index contributed by atoms with van der Waals surface area (Å²) in [6.45, 7) is 3.74. The summed E-state index contributed by atoms with van der Waals surface area (Å²) < 4.78 is 5.47. The van der Waals surface area contributed by atoms with Crippen molar-refractivity contribution in [3.8, 4) is 5.75 Å². The minimum Gasteiger partial charge on any atom is -0.496 e. The molecule has 0 saturated carbocycles.